The van der Waals surface area contributed by atoms with Crippen LogP contribution in [0.2, 0.25) is 0 Å². The maximum atomic E-state index is 9.78. The fourth-order valence-electron chi connectivity index (χ4n) is 1.67. The number of nitrogens with zero attached hydrogens (tertiary/aromatic N) is 1. The van der Waals surface area contributed by atoms with Crippen LogP contribution in [0.5, 0.6) is 5.75 Å². The first-order valence-electron chi connectivity index (χ1n) is 6.81. The molecule has 0 bridgehead atoms. The lowest BCUT2D eigenvalue weighted by Gasteiger charge is -2.14. The molecule has 0 aromatic heterocycles. The Morgan fingerprint density at radius 1 is 1.26 bits per heavy atom. The molecule has 2 N–H and O–H groups in total. The molecule has 0 aliphatic carbocycles. The van der Waals surface area contributed by atoms with Gasteiger partial charge in [0.15, 0.2) is 0 Å². The molecule has 1 rings (SSSR count). The average Bonchev–Trinajstić information content (AvgIpc) is 2.37. The summed E-state index contributed by atoms with van der Waals surface area (Å²) in [5.74, 6) is 0.803. The second-order valence-corrected chi connectivity index (χ2v) is 5.14. The molecule has 0 heterocycles. The smallest absolute Gasteiger partial charge is 0.119 e. The molecule has 0 saturated heterocycles. The van der Waals surface area contributed by atoms with Crippen molar-refractivity contribution in [3.63, 3.8) is 0 Å². The van der Waals surface area contributed by atoms with Gasteiger partial charge in [0, 0.05) is 6.54 Å². The summed E-state index contributed by atoms with van der Waals surface area (Å²) in [4.78, 5) is 2.15. The summed E-state index contributed by atoms with van der Waals surface area (Å²) in [5.41, 5.74) is 1.20. The van der Waals surface area contributed by atoms with Crippen molar-refractivity contribution in [2.24, 2.45) is 0 Å². The number of nitrogens with one attached hydrogen (secondary N) is 1. The minimum atomic E-state index is -0.472. The number of hydrogen-bond donors (Lipinski definition) is 2. The monoisotopic (exact) mass is 266 g/mol. The van der Waals surface area contributed by atoms with Crippen molar-refractivity contribution in [2.45, 2.75) is 19.4 Å². The zero-order valence-electron chi connectivity index (χ0n) is 12.2. The molecule has 19 heavy (non-hydrogen) atoms. The van der Waals surface area contributed by atoms with E-state index in [1.165, 1.54) is 5.56 Å². The van der Waals surface area contributed by atoms with Crippen molar-refractivity contribution in [2.75, 3.05) is 40.3 Å². The van der Waals surface area contributed by atoms with Gasteiger partial charge in [0.2, 0.25) is 0 Å². The number of ether oxygens (including phenoxy) is 1. The topological polar surface area (TPSA) is 44.7 Å². The van der Waals surface area contributed by atoms with Gasteiger partial charge in [-0.2, -0.15) is 0 Å². The molecule has 0 amide bonds. The zero-order valence-corrected chi connectivity index (χ0v) is 12.2. The molecule has 0 saturated carbocycles. The van der Waals surface area contributed by atoms with E-state index in [9.17, 15) is 5.11 Å². The largest absolute Gasteiger partial charge is 0.491 e. The van der Waals surface area contributed by atoms with Crippen molar-refractivity contribution in [3.8, 4) is 5.75 Å². The average molecular weight is 266 g/mol. The predicted molar refractivity (Wildman–Crippen MR) is 78.7 cm³/mol. The minimum absolute atomic E-state index is 0.323. The van der Waals surface area contributed by atoms with E-state index >= 15 is 0 Å². The van der Waals surface area contributed by atoms with Crippen LogP contribution in [0.1, 0.15) is 12.0 Å². The van der Waals surface area contributed by atoms with Crippen LogP contribution >= 0.6 is 0 Å². The Bertz CT molecular complexity index is 339. The summed E-state index contributed by atoms with van der Waals surface area (Å²) in [6, 6.07) is 7.85. The van der Waals surface area contributed by atoms with Crippen molar-refractivity contribution < 1.29 is 9.84 Å². The number of aliphatic hydroxyl groups is 1. The maximum absolute atomic E-state index is 9.78. The molecule has 0 aliphatic heterocycles. The molecule has 0 fully saturated rings. The quantitative estimate of drug-likeness (QED) is 0.661. The van der Waals surface area contributed by atoms with Crippen molar-refractivity contribution in [1.82, 2.24) is 10.2 Å². The lowest BCUT2D eigenvalue weighted by Crippen LogP contribution is -2.32. The number of rotatable bonds is 9. The van der Waals surface area contributed by atoms with E-state index in [-0.39, 0.29) is 0 Å². The molecule has 4 nitrogen and oxygen atoms in total. The number of benzene rings is 1. The lowest BCUT2D eigenvalue weighted by molar-refractivity contribution is 0.106. The summed E-state index contributed by atoms with van der Waals surface area (Å²) in [6.07, 6.45) is 0.610. The molecular formula is C15H26N2O2. The van der Waals surface area contributed by atoms with Crippen molar-refractivity contribution >= 4 is 0 Å². The molecule has 0 radical (unpaired) electrons. The van der Waals surface area contributed by atoms with Gasteiger partial charge in [-0.15, -0.1) is 0 Å². The number of aryl methyl sites for hydroxylation is 1. The first-order chi connectivity index (χ1) is 9.08. The highest BCUT2D eigenvalue weighted by Gasteiger charge is 2.04. The van der Waals surface area contributed by atoms with E-state index in [0.29, 0.717) is 13.2 Å². The van der Waals surface area contributed by atoms with Gasteiger partial charge < -0.3 is 20.1 Å². The molecule has 108 valence electrons. The summed E-state index contributed by atoms with van der Waals surface area (Å²) < 4.78 is 5.52. The van der Waals surface area contributed by atoms with Gasteiger partial charge >= 0.3 is 0 Å². The Labute approximate surface area is 116 Å². The molecular weight excluding hydrogens is 240 g/mol. The van der Waals surface area contributed by atoms with Gasteiger partial charge in [-0.1, -0.05) is 17.7 Å². The Kier molecular flexibility index (Phi) is 7.48. The molecule has 0 aliphatic rings. The Hall–Kier alpha value is -1.10. The van der Waals surface area contributed by atoms with Crippen molar-refractivity contribution in [1.29, 1.82) is 0 Å². The van der Waals surface area contributed by atoms with Gasteiger partial charge in [0.25, 0.3) is 0 Å². The molecule has 1 aromatic rings. The van der Waals surface area contributed by atoms with E-state index in [4.69, 9.17) is 4.74 Å². The molecule has 0 spiro atoms. The molecule has 1 unspecified atom stereocenters. The predicted octanol–water partition coefficient (Wildman–Crippen LogP) is 1.28. The third-order valence-electron chi connectivity index (χ3n) is 2.80. The normalized spacial score (nSPS) is 12.7. The molecule has 1 aromatic carbocycles. The number of aliphatic hydroxyl groups excluding tert-OH is 1. The highest BCUT2D eigenvalue weighted by atomic mass is 16.5. The van der Waals surface area contributed by atoms with E-state index in [2.05, 4.69) is 24.3 Å². The molecule has 1 atom stereocenters. The fraction of sp³-hybridized carbons (Fsp3) is 0.600. The number of hydrogen-bond acceptors (Lipinski definition) is 4. The van der Waals surface area contributed by atoms with Crippen LogP contribution in [0.15, 0.2) is 24.3 Å². The molecule has 4 heteroatoms. The second kappa shape index (κ2) is 8.91. The SMILES string of the molecule is Cc1ccc(OCC(O)CNCCCN(C)C)cc1. The second-order valence-electron chi connectivity index (χ2n) is 5.14. The van der Waals surface area contributed by atoms with E-state index in [1.54, 1.807) is 0 Å². The van der Waals surface area contributed by atoms with Crippen LogP contribution in [0.4, 0.5) is 0 Å². The van der Waals surface area contributed by atoms with Gasteiger partial charge in [-0.3, -0.25) is 0 Å². The van der Waals surface area contributed by atoms with Crippen LogP contribution < -0.4 is 10.1 Å². The Balaban J connectivity index is 2.07. The van der Waals surface area contributed by atoms with Crippen LogP contribution in [-0.2, 0) is 0 Å². The van der Waals surface area contributed by atoms with Gasteiger partial charge in [-0.25, -0.2) is 0 Å². The van der Waals surface area contributed by atoms with Gasteiger partial charge in [-0.05, 0) is 52.7 Å². The summed E-state index contributed by atoms with van der Waals surface area (Å²) >= 11 is 0. The van der Waals surface area contributed by atoms with Gasteiger partial charge in [0.1, 0.15) is 18.5 Å². The van der Waals surface area contributed by atoms with E-state index < -0.39 is 6.10 Å². The summed E-state index contributed by atoms with van der Waals surface area (Å²) in [7, 11) is 4.12. The van der Waals surface area contributed by atoms with Crippen LogP contribution in [0.3, 0.4) is 0 Å². The fourth-order valence-corrected chi connectivity index (χ4v) is 1.67. The lowest BCUT2D eigenvalue weighted by atomic mass is 10.2. The summed E-state index contributed by atoms with van der Waals surface area (Å²) in [5, 5.41) is 13.0. The highest BCUT2D eigenvalue weighted by Crippen LogP contribution is 2.11. The summed E-state index contributed by atoms with van der Waals surface area (Å²) in [6.45, 7) is 4.90. The maximum Gasteiger partial charge on any atom is 0.119 e. The minimum Gasteiger partial charge on any atom is -0.491 e. The third-order valence-corrected chi connectivity index (χ3v) is 2.80. The Morgan fingerprint density at radius 2 is 1.95 bits per heavy atom. The van der Waals surface area contributed by atoms with Crippen LogP contribution in [0.25, 0.3) is 0 Å². The third kappa shape index (κ3) is 7.82. The van der Waals surface area contributed by atoms with Crippen LogP contribution in [-0.4, -0.2) is 56.4 Å². The van der Waals surface area contributed by atoms with Crippen molar-refractivity contribution in [3.05, 3.63) is 29.8 Å². The van der Waals surface area contributed by atoms with Gasteiger partial charge in [0.05, 0.1) is 0 Å². The highest BCUT2D eigenvalue weighted by molar-refractivity contribution is 5.26. The zero-order chi connectivity index (χ0) is 14.1. The van der Waals surface area contributed by atoms with E-state index in [0.717, 1.165) is 25.3 Å². The standard InChI is InChI=1S/C15H26N2O2/c1-13-5-7-15(8-6-13)19-12-14(18)11-16-9-4-10-17(2)3/h5-8,14,16,18H,4,9-12H2,1-3H3. The van der Waals surface area contributed by atoms with E-state index in [1.807, 2.05) is 31.2 Å². The first-order valence-corrected chi connectivity index (χ1v) is 6.81. The first kappa shape index (κ1) is 16.0. The Morgan fingerprint density at radius 3 is 2.58 bits per heavy atom. The van der Waals surface area contributed by atoms with Crippen LogP contribution in [0, 0.1) is 6.92 Å².